The summed E-state index contributed by atoms with van der Waals surface area (Å²) in [5, 5.41) is 0. The van der Waals surface area contributed by atoms with Gasteiger partial charge in [0.25, 0.3) is 0 Å². The molecule has 1 aromatic carbocycles. The van der Waals surface area contributed by atoms with Crippen LogP contribution >= 0.6 is 0 Å². The Hall–Kier alpha value is -1.04. The van der Waals surface area contributed by atoms with Gasteiger partial charge in [0.15, 0.2) is 0 Å². The molecule has 0 N–H and O–H groups in total. The van der Waals surface area contributed by atoms with Gasteiger partial charge in [-0.2, -0.15) is 0 Å². The molecule has 0 amide bonds. The van der Waals surface area contributed by atoms with Gasteiger partial charge in [0, 0.05) is 25.4 Å². The Morgan fingerprint density at radius 1 is 1.00 bits per heavy atom. The van der Waals surface area contributed by atoms with Gasteiger partial charge in [0.2, 0.25) is 0 Å². The van der Waals surface area contributed by atoms with Crippen LogP contribution in [0.4, 0.5) is 5.69 Å². The first-order chi connectivity index (χ1) is 10.4. The highest BCUT2D eigenvalue weighted by molar-refractivity contribution is 6.62. The van der Waals surface area contributed by atoms with E-state index in [1.807, 2.05) is 0 Å². The first kappa shape index (κ1) is 15.8. The molecule has 120 valence electrons. The number of anilines is 1. The summed E-state index contributed by atoms with van der Waals surface area (Å²) in [6.07, 6.45) is 1.07. The van der Waals surface area contributed by atoms with Crippen molar-refractivity contribution in [3.05, 3.63) is 24.3 Å². The van der Waals surface area contributed by atoms with Crippen molar-refractivity contribution in [1.82, 2.24) is 0 Å². The molecule has 22 heavy (non-hydrogen) atoms. The fourth-order valence-electron chi connectivity index (χ4n) is 2.85. The zero-order valence-electron chi connectivity index (χ0n) is 14.1. The predicted octanol–water partition coefficient (Wildman–Crippen LogP) is 2.21. The molecule has 2 aliphatic rings. The smallest absolute Gasteiger partial charge is 0.399 e. The van der Waals surface area contributed by atoms with Gasteiger partial charge in [-0.25, -0.2) is 0 Å². The van der Waals surface area contributed by atoms with Gasteiger partial charge >= 0.3 is 7.12 Å². The van der Waals surface area contributed by atoms with Crippen molar-refractivity contribution in [3.63, 3.8) is 0 Å². The van der Waals surface area contributed by atoms with Crippen LogP contribution in [0.1, 0.15) is 34.1 Å². The maximum atomic E-state index is 6.15. The number of ether oxygens (including phenoxy) is 1. The molecule has 5 heteroatoms. The lowest BCUT2D eigenvalue weighted by atomic mass is 9.79. The summed E-state index contributed by atoms with van der Waals surface area (Å²) >= 11 is 0. The average molecular weight is 303 g/mol. The number of nitrogens with zero attached hydrogens (tertiary/aromatic N) is 1. The summed E-state index contributed by atoms with van der Waals surface area (Å²) < 4.78 is 17.8. The molecule has 0 bridgehead atoms. The number of hydrogen-bond acceptors (Lipinski definition) is 4. The fraction of sp³-hybridized carbons (Fsp3) is 0.647. The second-order valence-corrected chi connectivity index (χ2v) is 7.14. The van der Waals surface area contributed by atoms with E-state index in [1.54, 1.807) is 0 Å². The van der Waals surface area contributed by atoms with E-state index in [-0.39, 0.29) is 18.3 Å². The van der Waals surface area contributed by atoms with E-state index in [9.17, 15) is 0 Å². The largest absolute Gasteiger partial charge is 0.494 e. The van der Waals surface area contributed by atoms with Gasteiger partial charge in [-0.3, -0.25) is 0 Å². The molecule has 0 atom stereocenters. The van der Waals surface area contributed by atoms with Crippen molar-refractivity contribution in [1.29, 1.82) is 0 Å². The van der Waals surface area contributed by atoms with Crippen molar-refractivity contribution in [3.8, 4) is 0 Å². The van der Waals surface area contributed by atoms with Crippen LogP contribution in [0.3, 0.4) is 0 Å². The highest BCUT2D eigenvalue weighted by Crippen LogP contribution is 2.36. The van der Waals surface area contributed by atoms with E-state index < -0.39 is 0 Å². The molecule has 0 saturated carbocycles. The van der Waals surface area contributed by atoms with E-state index in [0.717, 1.165) is 38.2 Å². The Morgan fingerprint density at radius 2 is 1.73 bits per heavy atom. The van der Waals surface area contributed by atoms with Gasteiger partial charge in [-0.15, -0.1) is 0 Å². The van der Waals surface area contributed by atoms with Gasteiger partial charge < -0.3 is 18.9 Å². The lowest BCUT2D eigenvalue weighted by molar-refractivity contribution is 0.00578. The fourth-order valence-corrected chi connectivity index (χ4v) is 2.85. The minimum absolute atomic E-state index is 0.298. The normalized spacial score (nSPS) is 24.4. The molecule has 4 nitrogen and oxygen atoms in total. The summed E-state index contributed by atoms with van der Waals surface area (Å²) in [5.41, 5.74) is 1.70. The number of rotatable bonds is 2. The van der Waals surface area contributed by atoms with E-state index in [1.165, 1.54) is 5.69 Å². The summed E-state index contributed by atoms with van der Waals surface area (Å²) in [7, 11) is -0.298. The van der Waals surface area contributed by atoms with Crippen molar-refractivity contribution >= 4 is 18.3 Å². The predicted molar refractivity (Wildman–Crippen MR) is 89.8 cm³/mol. The van der Waals surface area contributed by atoms with Crippen LogP contribution in [-0.2, 0) is 14.0 Å². The van der Waals surface area contributed by atoms with E-state index in [0.29, 0.717) is 0 Å². The molecule has 2 saturated heterocycles. The van der Waals surface area contributed by atoms with E-state index in [2.05, 4.69) is 56.9 Å². The summed E-state index contributed by atoms with van der Waals surface area (Å²) in [5.74, 6) is 0. The highest BCUT2D eigenvalue weighted by Gasteiger charge is 2.51. The Kier molecular flexibility index (Phi) is 4.23. The Labute approximate surface area is 133 Å². The van der Waals surface area contributed by atoms with Crippen LogP contribution < -0.4 is 10.4 Å². The maximum Gasteiger partial charge on any atom is 0.494 e. The van der Waals surface area contributed by atoms with Crippen LogP contribution in [-0.4, -0.2) is 44.6 Å². The topological polar surface area (TPSA) is 30.9 Å². The molecule has 3 rings (SSSR count). The standard InChI is InChI=1S/C17H26BNO3/c1-16(2)17(3,4)22-18(21-16)14-7-5-8-15(13-14)19-9-6-11-20-12-10-19/h5,7-8,13H,6,9-12H2,1-4H3. The molecule has 1 aromatic rings. The summed E-state index contributed by atoms with van der Waals surface area (Å²) in [6.45, 7) is 12.0. The third kappa shape index (κ3) is 3.03. The summed E-state index contributed by atoms with van der Waals surface area (Å²) in [6, 6.07) is 8.51. The molecule has 0 unspecified atom stereocenters. The lowest BCUT2D eigenvalue weighted by Crippen LogP contribution is -2.41. The van der Waals surface area contributed by atoms with E-state index in [4.69, 9.17) is 14.0 Å². The molecule has 2 heterocycles. The third-order valence-electron chi connectivity index (χ3n) is 4.98. The SMILES string of the molecule is CC1(C)OB(c2cccc(N3CCCOCC3)c2)OC1(C)C. The minimum Gasteiger partial charge on any atom is -0.399 e. The Balaban J connectivity index is 1.80. The van der Waals surface area contributed by atoms with Crippen molar-refractivity contribution < 1.29 is 14.0 Å². The number of benzene rings is 1. The first-order valence-electron chi connectivity index (χ1n) is 8.17. The quantitative estimate of drug-likeness (QED) is 0.784. The molecule has 2 aliphatic heterocycles. The van der Waals surface area contributed by atoms with Crippen LogP contribution in [0.5, 0.6) is 0 Å². The minimum atomic E-state index is -0.301. The van der Waals surface area contributed by atoms with Crippen molar-refractivity contribution in [2.45, 2.75) is 45.3 Å². The van der Waals surface area contributed by atoms with Gasteiger partial charge in [0.1, 0.15) is 0 Å². The maximum absolute atomic E-state index is 6.15. The van der Waals surface area contributed by atoms with Crippen molar-refractivity contribution in [2.24, 2.45) is 0 Å². The summed E-state index contributed by atoms with van der Waals surface area (Å²) in [4.78, 5) is 2.38. The Bertz CT molecular complexity index is 508. The second kappa shape index (κ2) is 5.87. The monoisotopic (exact) mass is 303 g/mol. The highest BCUT2D eigenvalue weighted by atomic mass is 16.7. The van der Waals surface area contributed by atoms with Crippen LogP contribution in [0.15, 0.2) is 24.3 Å². The van der Waals surface area contributed by atoms with Gasteiger partial charge in [0.05, 0.1) is 17.8 Å². The lowest BCUT2D eigenvalue weighted by Gasteiger charge is -2.32. The van der Waals surface area contributed by atoms with E-state index >= 15 is 0 Å². The zero-order chi connectivity index (χ0) is 15.8. The molecule has 0 radical (unpaired) electrons. The average Bonchev–Trinajstić information content (AvgIpc) is 2.67. The molecular formula is C17H26BNO3. The molecule has 0 aromatic heterocycles. The van der Waals surface area contributed by atoms with Crippen LogP contribution in [0, 0.1) is 0 Å². The van der Waals surface area contributed by atoms with Crippen molar-refractivity contribution in [2.75, 3.05) is 31.2 Å². The molecule has 0 aliphatic carbocycles. The van der Waals surface area contributed by atoms with Crippen LogP contribution in [0.25, 0.3) is 0 Å². The van der Waals surface area contributed by atoms with Gasteiger partial charge in [-0.05, 0) is 51.7 Å². The molecule has 0 spiro atoms. The molecule has 2 fully saturated rings. The van der Waals surface area contributed by atoms with Crippen LogP contribution in [0.2, 0.25) is 0 Å². The number of hydrogen-bond donors (Lipinski definition) is 0. The zero-order valence-corrected chi connectivity index (χ0v) is 14.1. The first-order valence-corrected chi connectivity index (χ1v) is 8.17. The third-order valence-corrected chi connectivity index (χ3v) is 4.98. The molecular weight excluding hydrogens is 277 g/mol. The van der Waals surface area contributed by atoms with Gasteiger partial charge in [-0.1, -0.05) is 12.1 Å². The Morgan fingerprint density at radius 3 is 2.45 bits per heavy atom. The second-order valence-electron chi connectivity index (χ2n) is 7.14.